The first kappa shape index (κ1) is 31.2. The number of nitrogens with one attached hydrogen (secondary N) is 1. The molecule has 0 heterocycles. The molecule has 0 bridgehead atoms. The molecule has 0 aromatic carbocycles. The molecule has 6 heteroatoms. The summed E-state index contributed by atoms with van der Waals surface area (Å²) < 4.78 is 4.77. The van der Waals surface area contributed by atoms with Crippen LogP contribution in [0.5, 0.6) is 0 Å². The minimum atomic E-state index is -1.10. The zero-order valence-corrected chi connectivity index (χ0v) is 17.7. The van der Waals surface area contributed by atoms with Crippen molar-refractivity contribution in [3.8, 4) is 12.8 Å². The van der Waals surface area contributed by atoms with Gasteiger partial charge in [0.2, 0.25) is 0 Å². The lowest BCUT2D eigenvalue weighted by atomic mass is 10.2. The molecule has 0 unspecified atom stereocenters. The van der Waals surface area contributed by atoms with Crippen LogP contribution in [0.3, 0.4) is 0 Å². The number of carbonyl (C=O) groups is 2. The number of hydrogen-bond donors (Lipinski definition) is 2. The van der Waals surface area contributed by atoms with E-state index in [0.717, 1.165) is 5.25 Å². The number of hydrogen-bond acceptors (Lipinski definition) is 4. The third kappa shape index (κ3) is 45.0. The number of aliphatic carboxylic acids is 1. The molecule has 0 radical (unpaired) electrons. The first-order chi connectivity index (χ1) is 11.6. The number of alkyl carbamates (subject to hydrolysis) is 1. The van der Waals surface area contributed by atoms with Crippen molar-refractivity contribution in [3.05, 3.63) is 12.7 Å². The summed E-state index contributed by atoms with van der Waals surface area (Å²) in [4.78, 5) is 20.8. The summed E-state index contributed by atoms with van der Waals surface area (Å²) in [6.45, 7) is 16.8. The van der Waals surface area contributed by atoms with Crippen molar-refractivity contribution < 1.29 is 19.4 Å². The number of amides is 1. The minimum Gasteiger partial charge on any atom is -0.480 e. The summed E-state index contributed by atoms with van der Waals surface area (Å²) in [5, 5.41) is 11.1. The molecular weight excluding hydrogens is 338 g/mol. The van der Waals surface area contributed by atoms with Crippen LogP contribution in [0.2, 0.25) is 0 Å². The number of carboxylic acid groups (broad SMARTS) is 1. The van der Waals surface area contributed by atoms with E-state index < -0.39 is 24.2 Å². The van der Waals surface area contributed by atoms with Crippen LogP contribution in [-0.2, 0) is 9.53 Å². The van der Waals surface area contributed by atoms with Crippen molar-refractivity contribution in [2.75, 3.05) is 12.3 Å². The molecule has 0 saturated carbocycles. The number of rotatable bonds is 7. The molecule has 0 aliphatic carbocycles. The van der Waals surface area contributed by atoms with Crippen LogP contribution in [0.4, 0.5) is 4.79 Å². The third-order valence-corrected chi connectivity index (χ3v) is 2.98. The van der Waals surface area contributed by atoms with Gasteiger partial charge in [0.1, 0.15) is 12.1 Å². The van der Waals surface area contributed by atoms with E-state index in [1.54, 1.807) is 20.8 Å². The maximum absolute atomic E-state index is 10.8. The Balaban J connectivity index is -0.000000150. The van der Waals surface area contributed by atoms with Gasteiger partial charge in [-0.05, 0) is 44.6 Å². The van der Waals surface area contributed by atoms with E-state index in [9.17, 15) is 9.59 Å². The van der Waals surface area contributed by atoms with E-state index >= 15 is 0 Å². The van der Waals surface area contributed by atoms with Gasteiger partial charge in [0, 0.05) is 0 Å². The Bertz CT molecular complexity index is 347. The van der Waals surface area contributed by atoms with Crippen LogP contribution in [0.25, 0.3) is 0 Å². The van der Waals surface area contributed by atoms with E-state index in [1.165, 1.54) is 18.6 Å². The van der Waals surface area contributed by atoms with Crippen molar-refractivity contribution in [1.29, 1.82) is 0 Å². The first-order valence-corrected chi connectivity index (χ1v) is 9.37. The van der Waals surface area contributed by atoms with E-state index in [2.05, 4.69) is 38.6 Å². The zero-order valence-electron chi connectivity index (χ0n) is 16.9. The number of thioether (sulfide) groups is 1. The Morgan fingerprint density at radius 1 is 1.28 bits per heavy atom. The molecule has 0 aromatic heterocycles. The van der Waals surface area contributed by atoms with Gasteiger partial charge in [-0.1, -0.05) is 33.8 Å². The lowest BCUT2D eigenvalue weighted by molar-refractivity contribution is -0.136. The highest BCUT2D eigenvalue weighted by Crippen LogP contribution is 2.11. The van der Waals surface area contributed by atoms with Gasteiger partial charge in [0.25, 0.3) is 0 Å². The molecule has 148 valence electrons. The molecule has 0 aromatic rings. The van der Waals surface area contributed by atoms with Gasteiger partial charge in [-0.2, -0.15) is 11.8 Å². The molecule has 0 aliphatic rings. The summed E-state index contributed by atoms with van der Waals surface area (Å²) >= 11 is 2.02. The summed E-state index contributed by atoms with van der Waals surface area (Å²) in [5.74, 6) is 0.185. The standard InChI is InChI=1S/C8H16S.C7H13NO4.C2H6.C2H2/c1-4-5-6-7-9-8(2)3;1-7(2,3)12-6(11)8-4-5(9)10;2*1-2/h4,8H,1,5-7H2,2-3H3;4H2,1-3H3,(H,8,11)(H,9,10);1-2H3;1-2H. The molecule has 0 fully saturated rings. The van der Waals surface area contributed by atoms with Crippen LogP contribution in [0.15, 0.2) is 12.7 Å². The summed E-state index contributed by atoms with van der Waals surface area (Å²) in [5.41, 5.74) is -0.595. The highest BCUT2D eigenvalue weighted by molar-refractivity contribution is 7.99. The highest BCUT2D eigenvalue weighted by Gasteiger charge is 2.16. The fourth-order valence-electron chi connectivity index (χ4n) is 1.01. The second kappa shape index (κ2) is 22.4. The SMILES string of the molecule is C#C.C=CCCCSC(C)C.CC.CC(C)(C)OC(=O)NCC(=O)O. The van der Waals surface area contributed by atoms with Crippen molar-refractivity contribution in [2.45, 2.75) is 72.2 Å². The minimum absolute atomic E-state index is 0.422. The number of unbranched alkanes of at least 4 members (excludes halogenated alkanes) is 1. The topological polar surface area (TPSA) is 75.6 Å². The Morgan fingerprint density at radius 3 is 2.08 bits per heavy atom. The van der Waals surface area contributed by atoms with Crippen molar-refractivity contribution in [3.63, 3.8) is 0 Å². The fraction of sp³-hybridized carbons (Fsp3) is 0.684. The van der Waals surface area contributed by atoms with E-state index in [-0.39, 0.29) is 0 Å². The van der Waals surface area contributed by atoms with Crippen LogP contribution in [0, 0.1) is 12.8 Å². The maximum atomic E-state index is 10.8. The second-order valence-corrected chi connectivity index (χ2v) is 7.28. The predicted molar refractivity (Wildman–Crippen MR) is 110 cm³/mol. The van der Waals surface area contributed by atoms with E-state index in [0.29, 0.717) is 0 Å². The smallest absolute Gasteiger partial charge is 0.408 e. The molecule has 5 nitrogen and oxygen atoms in total. The Morgan fingerprint density at radius 2 is 1.76 bits per heavy atom. The molecule has 25 heavy (non-hydrogen) atoms. The number of allylic oxidation sites excluding steroid dienone is 1. The summed E-state index contributed by atoms with van der Waals surface area (Å²) in [6, 6.07) is 0. The van der Waals surface area contributed by atoms with E-state index in [1.807, 2.05) is 31.7 Å². The van der Waals surface area contributed by atoms with Crippen LogP contribution in [0.1, 0.15) is 61.3 Å². The summed E-state index contributed by atoms with van der Waals surface area (Å²) in [7, 11) is 0. The molecule has 0 spiro atoms. The van der Waals surface area contributed by atoms with E-state index in [4.69, 9.17) is 9.84 Å². The first-order valence-electron chi connectivity index (χ1n) is 8.33. The second-order valence-electron chi connectivity index (χ2n) is 5.60. The molecule has 2 N–H and O–H groups in total. The molecule has 0 rings (SSSR count). The quantitative estimate of drug-likeness (QED) is 0.373. The molecule has 0 aliphatic heterocycles. The number of terminal acetylenes is 1. The Hall–Kier alpha value is -1.61. The van der Waals surface area contributed by atoms with Gasteiger partial charge in [0.05, 0.1) is 0 Å². The molecule has 0 atom stereocenters. The lowest BCUT2D eigenvalue weighted by Crippen LogP contribution is -2.35. The van der Waals surface area contributed by atoms with Crippen LogP contribution >= 0.6 is 11.8 Å². The largest absolute Gasteiger partial charge is 0.480 e. The maximum Gasteiger partial charge on any atom is 0.408 e. The highest BCUT2D eigenvalue weighted by atomic mass is 32.2. The van der Waals surface area contributed by atoms with Gasteiger partial charge in [-0.25, -0.2) is 4.79 Å². The van der Waals surface area contributed by atoms with Gasteiger partial charge >= 0.3 is 12.1 Å². The normalized spacial score (nSPS) is 9.04. The zero-order chi connectivity index (χ0) is 20.9. The Labute approximate surface area is 159 Å². The van der Waals surface area contributed by atoms with Crippen LogP contribution < -0.4 is 5.32 Å². The average Bonchev–Trinajstić information content (AvgIpc) is 2.52. The number of ether oxygens (including phenoxy) is 1. The number of carboxylic acids is 1. The van der Waals surface area contributed by atoms with Gasteiger partial charge in [-0.3, -0.25) is 4.79 Å². The molecule has 0 saturated heterocycles. The fourth-order valence-corrected chi connectivity index (χ4v) is 1.81. The van der Waals surface area contributed by atoms with Crippen molar-refractivity contribution in [2.24, 2.45) is 0 Å². The number of carbonyl (C=O) groups excluding carboxylic acids is 1. The van der Waals surface area contributed by atoms with Gasteiger partial charge < -0.3 is 15.2 Å². The monoisotopic (exact) mass is 375 g/mol. The molecular formula is C19H37NO4S. The Kier molecular flexibility index (Phi) is 27.9. The summed E-state index contributed by atoms with van der Waals surface area (Å²) in [6.07, 6.45) is 11.7. The van der Waals surface area contributed by atoms with Gasteiger partial charge in [0.15, 0.2) is 0 Å². The third-order valence-electron chi connectivity index (χ3n) is 1.79. The van der Waals surface area contributed by atoms with Gasteiger partial charge in [-0.15, -0.1) is 19.4 Å². The van der Waals surface area contributed by atoms with Crippen LogP contribution in [-0.4, -0.2) is 40.3 Å². The average molecular weight is 376 g/mol. The lowest BCUT2D eigenvalue weighted by Gasteiger charge is -2.19. The predicted octanol–water partition coefficient (Wildman–Crippen LogP) is 4.97. The van der Waals surface area contributed by atoms with Crippen molar-refractivity contribution >= 4 is 23.8 Å². The van der Waals surface area contributed by atoms with Crippen molar-refractivity contribution in [1.82, 2.24) is 5.32 Å². The molecule has 1 amide bonds.